The standard InChI is InChI=1S/C13H19N3O3/c1-8(12(18)15-2)16-13(19)11(14)7-9-3-5-10(17)6-4-9/h3-6,8,11,17H,7,14H2,1-2H3,(H,15,18)(H,16,19)/t8?,11-/m1/s1. The highest BCUT2D eigenvalue weighted by Gasteiger charge is 2.19. The van der Waals surface area contributed by atoms with E-state index in [0.29, 0.717) is 6.42 Å². The molecule has 0 heterocycles. The Kier molecular flexibility index (Phi) is 5.32. The smallest absolute Gasteiger partial charge is 0.242 e. The fraction of sp³-hybridized carbons (Fsp3) is 0.385. The van der Waals surface area contributed by atoms with Crippen molar-refractivity contribution in [3.05, 3.63) is 29.8 Å². The molecule has 1 aromatic rings. The van der Waals surface area contributed by atoms with Gasteiger partial charge >= 0.3 is 0 Å². The van der Waals surface area contributed by atoms with Gasteiger partial charge in [-0.15, -0.1) is 0 Å². The number of benzene rings is 1. The minimum absolute atomic E-state index is 0.162. The number of hydrogen-bond acceptors (Lipinski definition) is 4. The molecule has 0 fully saturated rings. The van der Waals surface area contributed by atoms with Gasteiger partial charge in [0.2, 0.25) is 11.8 Å². The number of phenolic OH excluding ortho intramolecular Hbond substituents is 1. The molecule has 2 amide bonds. The van der Waals surface area contributed by atoms with Gasteiger partial charge in [0.25, 0.3) is 0 Å². The van der Waals surface area contributed by atoms with Gasteiger partial charge in [0.05, 0.1) is 6.04 Å². The first-order valence-electron chi connectivity index (χ1n) is 5.99. The quantitative estimate of drug-likeness (QED) is 0.576. The van der Waals surface area contributed by atoms with Gasteiger partial charge in [0.15, 0.2) is 0 Å². The van der Waals surface area contributed by atoms with Crippen molar-refractivity contribution in [3.63, 3.8) is 0 Å². The summed E-state index contributed by atoms with van der Waals surface area (Å²) >= 11 is 0. The summed E-state index contributed by atoms with van der Waals surface area (Å²) in [4.78, 5) is 23.1. The SMILES string of the molecule is CNC(=O)C(C)NC(=O)[C@H](N)Cc1ccc(O)cc1. The summed E-state index contributed by atoms with van der Waals surface area (Å²) in [5.41, 5.74) is 6.61. The molecule has 6 heteroatoms. The molecule has 0 aromatic heterocycles. The van der Waals surface area contributed by atoms with E-state index in [1.807, 2.05) is 0 Å². The Hall–Kier alpha value is -2.08. The van der Waals surface area contributed by atoms with E-state index >= 15 is 0 Å². The Morgan fingerprint density at radius 2 is 1.84 bits per heavy atom. The van der Waals surface area contributed by atoms with E-state index in [1.165, 1.54) is 19.2 Å². The average Bonchev–Trinajstić information content (AvgIpc) is 2.40. The zero-order valence-electron chi connectivity index (χ0n) is 11.0. The van der Waals surface area contributed by atoms with Crippen molar-refractivity contribution in [2.45, 2.75) is 25.4 Å². The molecule has 0 radical (unpaired) electrons. The third-order valence-electron chi connectivity index (χ3n) is 2.73. The summed E-state index contributed by atoms with van der Waals surface area (Å²) in [5, 5.41) is 14.1. The first-order valence-corrected chi connectivity index (χ1v) is 5.99. The largest absolute Gasteiger partial charge is 0.508 e. The lowest BCUT2D eigenvalue weighted by molar-refractivity contribution is -0.128. The fourth-order valence-corrected chi connectivity index (χ4v) is 1.58. The fourth-order valence-electron chi connectivity index (χ4n) is 1.58. The maximum absolute atomic E-state index is 11.8. The second kappa shape index (κ2) is 6.75. The highest BCUT2D eigenvalue weighted by molar-refractivity contribution is 5.89. The van der Waals surface area contributed by atoms with Gasteiger partial charge in [-0.3, -0.25) is 9.59 Å². The second-order valence-corrected chi connectivity index (χ2v) is 4.32. The van der Waals surface area contributed by atoms with Crippen molar-refractivity contribution in [3.8, 4) is 5.75 Å². The lowest BCUT2D eigenvalue weighted by Crippen LogP contribution is -2.50. The molecule has 0 saturated carbocycles. The molecule has 6 nitrogen and oxygen atoms in total. The highest BCUT2D eigenvalue weighted by atomic mass is 16.3. The Bertz CT molecular complexity index is 445. The van der Waals surface area contributed by atoms with E-state index in [9.17, 15) is 9.59 Å². The maximum Gasteiger partial charge on any atom is 0.242 e. The molecule has 19 heavy (non-hydrogen) atoms. The van der Waals surface area contributed by atoms with Gasteiger partial charge in [-0.1, -0.05) is 12.1 Å². The van der Waals surface area contributed by atoms with Crippen molar-refractivity contribution in [2.75, 3.05) is 7.05 Å². The summed E-state index contributed by atoms with van der Waals surface area (Å²) in [6.07, 6.45) is 0.340. The van der Waals surface area contributed by atoms with Crippen LogP contribution in [-0.2, 0) is 16.0 Å². The predicted octanol–water partition coefficient (Wildman–Crippen LogP) is -0.487. The van der Waals surface area contributed by atoms with Gasteiger partial charge in [-0.25, -0.2) is 0 Å². The number of amides is 2. The number of likely N-dealkylation sites (N-methyl/N-ethyl adjacent to an activating group) is 1. The Morgan fingerprint density at radius 1 is 1.26 bits per heavy atom. The number of carbonyl (C=O) groups excluding carboxylic acids is 2. The number of nitrogens with two attached hydrogens (primary N) is 1. The molecule has 104 valence electrons. The third kappa shape index (κ3) is 4.59. The molecule has 5 N–H and O–H groups in total. The molecular formula is C13H19N3O3. The molecule has 0 bridgehead atoms. The van der Waals surface area contributed by atoms with Crippen LogP contribution in [0.4, 0.5) is 0 Å². The predicted molar refractivity (Wildman–Crippen MR) is 71.5 cm³/mol. The monoisotopic (exact) mass is 265 g/mol. The van der Waals surface area contributed by atoms with E-state index < -0.39 is 12.1 Å². The van der Waals surface area contributed by atoms with Crippen LogP contribution in [0.15, 0.2) is 24.3 Å². The van der Waals surface area contributed by atoms with Gasteiger partial charge in [0, 0.05) is 7.05 Å². The zero-order chi connectivity index (χ0) is 14.4. The summed E-state index contributed by atoms with van der Waals surface area (Å²) in [6, 6.07) is 5.11. The summed E-state index contributed by atoms with van der Waals surface area (Å²) in [6.45, 7) is 1.59. The lowest BCUT2D eigenvalue weighted by atomic mass is 10.1. The number of carbonyl (C=O) groups is 2. The van der Waals surface area contributed by atoms with Crippen molar-refractivity contribution >= 4 is 11.8 Å². The first-order chi connectivity index (χ1) is 8.93. The molecule has 0 aliphatic rings. The number of phenols is 1. The molecule has 0 spiro atoms. The highest BCUT2D eigenvalue weighted by Crippen LogP contribution is 2.10. The van der Waals surface area contributed by atoms with Crippen LogP contribution in [0.5, 0.6) is 5.75 Å². The number of aromatic hydroxyl groups is 1. The molecule has 0 aliphatic carbocycles. The van der Waals surface area contributed by atoms with Crippen molar-refractivity contribution in [1.82, 2.24) is 10.6 Å². The number of hydrogen-bond donors (Lipinski definition) is 4. The van der Waals surface area contributed by atoms with Crippen LogP contribution in [-0.4, -0.2) is 36.1 Å². The van der Waals surface area contributed by atoms with Gasteiger partial charge in [0.1, 0.15) is 11.8 Å². The van der Waals surface area contributed by atoms with Crippen molar-refractivity contribution in [2.24, 2.45) is 5.73 Å². The molecule has 1 aromatic carbocycles. The molecule has 1 rings (SSSR count). The Labute approximate surface area is 112 Å². The van der Waals surface area contributed by atoms with Gasteiger partial charge < -0.3 is 21.5 Å². The summed E-state index contributed by atoms with van der Waals surface area (Å²) in [7, 11) is 1.50. The summed E-state index contributed by atoms with van der Waals surface area (Å²) in [5.74, 6) is -0.496. The van der Waals surface area contributed by atoms with E-state index in [1.54, 1.807) is 19.1 Å². The second-order valence-electron chi connectivity index (χ2n) is 4.32. The van der Waals surface area contributed by atoms with Crippen LogP contribution in [0.2, 0.25) is 0 Å². The van der Waals surface area contributed by atoms with Gasteiger partial charge in [-0.2, -0.15) is 0 Å². The topological polar surface area (TPSA) is 104 Å². The van der Waals surface area contributed by atoms with Crippen LogP contribution < -0.4 is 16.4 Å². The van der Waals surface area contributed by atoms with Crippen LogP contribution in [0.3, 0.4) is 0 Å². The van der Waals surface area contributed by atoms with Crippen molar-refractivity contribution in [1.29, 1.82) is 0 Å². The van der Waals surface area contributed by atoms with E-state index in [4.69, 9.17) is 10.8 Å². The number of nitrogens with one attached hydrogen (secondary N) is 2. The van der Waals surface area contributed by atoms with Gasteiger partial charge in [-0.05, 0) is 31.0 Å². The van der Waals surface area contributed by atoms with Crippen molar-refractivity contribution < 1.29 is 14.7 Å². The molecule has 1 unspecified atom stereocenters. The Balaban J connectivity index is 2.53. The molecule has 0 aliphatic heterocycles. The average molecular weight is 265 g/mol. The third-order valence-corrected chi connectivity index (χ3v) is 2.73. The lowest BCUT2D eigenvalue weighted by Gasteiger charge is -2.16. The minimum atomic E-state index is -0.739. The van der Waals surface area contributed by atoms with Crippen LogP contribution >= 0.6 is 0 Å². The normalized spacial score (nSPS) is 13.4. The number of rotatable bonds is 5. The van der Waals surface area contributed by atoms with Crippen LogP contribution in [0.25, 0.3) is 0 Å². The molecule has 2 atom stereocenters. The molecule has 0 saturated heterocycles. The van der Waals surface area contributed by atoms with E-state index in [2.05, 4.69) is 10.6 Å². The maximum atomic E-state index is 11.8. The summed E-state index contributed by atoms with van der Waals surface area (Å²) < 4.78 is 0. The van der Waals surface area contributed by atoms with Crippen LogP contribution in [0.1, 0.15) is 12.5 Å². The minimum Gasteiger partial charge on any atom is -0.508 e. The molecular weight excluding hydrogens is 246 g/mol. The zero-order valence-corrected chi connectivity index (χ0v) is 11.0. The van der Waals surface area contributed by atoms with E-state index in [0.717, 1.165) is 5.56 Å². The van der Waals surface area contributed by atoms with Crippen LogP contribution in [0, 0.1) is 0 Å². The first kappa shape index (κ1) is 15.0. The van der Waals surface area contributed by atoms with E-state index in [-0.39, 0.29) is 17.6 Å². The Morgan fingerprint density at radius 3 is 2.37 bits per heavy atom.